The van der Waals surface area contributed by atoms with Crippen molar-refractivity contribution >= 4 is 16.9 Å². The van der Waals surface area contributed by atoms with Crippen LogP contribution in [0.15, 0.2) is 46.1 Å². The quantitative estimate of drug-likeness (QED) is 0.655. The minimum absolute atomic E-state index is 0.0681. The first-order chi connectivity index (χ1) is 15.3. The number of hydrogen-bond donors (Lipinski definition) is 1. The Kier molecular flexibility index (Phi) is 5.92. The van der Waals surface area contributed by atoms with Gasteiger partial charge in [-0.3, -0.25) is 18.7 Å². The van der Waals surface area contributed by atoms with Gasteiger partial charge < -0.3 is 10.6 Å². The number of carbonyl (C=O) groups excluding carboxylic acids is 1. The molecule has 1 aliphatic rings. The third kappa shape index (κ3) is 3.95. The summed E-state index contributed by atoms with van der Waals surface area (Å²) in [5.74, 6) is -0.570. The van der Waals surface area contributed by atoms with Crippen molar-refractivity contribution in [1.82, 2.24) is 19.0 Å². The Labute approximate surface area is 184 Å². The highest BCUT2D eigenvalue weighted by atomic mass is 19.1. The number of benzene rings is 1. The second-order valence-electron chi connectivity index (χ2n) is 8.37. The molecule has 2 N–H and O–H groups in total. The van der Waals surface area contributed by atoms with E-state index in [0.717, 1.165) is 28.5 Å². The van der Waals surface area contributed by atoms with Crippen LogP contribution in [0, 0.1) is 5.82 Å². The van der Waals surface area contributed by atoms with Gasteiger partial charge in [0.25, 0.3) is 5.56 Å². The Morgan fingerprint density at radius 2 is 1.91 bits per heavy atom. The molecule has 1 amide bonds. The van der Waals surface area contributed by atoms with Gasteiger partial charge in [0.1, 0.15) is 11.5 Å². The van der Waals surface area contributed by atoms with Crippen molar-refractivity contribution in [3.05, 3.63) is 74.3 Å². The summed E-state index contributed by atoms with van der Waals surface area (Å²) in [5, 5.41) is 0.409. The summed E-state index contributed by atoms with van der Waals surface area (Å²) in [6, 6.07) is 7.03. The van der Waals surface area contributed by atoms with Crippen molar-refractivity contribution in [3.8, 4) is 0 Å². The van der Waals surface area contributed by atoms with E-state index in [0.29, 0.717) is 30.5 Å². The molecule has 0 aliphatic carbocycles. The number of amides is 1. The normalized spacial score (nSPS) is 17.5. The number of hydrogen-bond acceptors (Lipinski definition) is 5. The molecule has 3 heterocycles. The number of aryl methyl sites for hydroxylation is 1. The fourth-order valence-corrected chi connectivity index (χ4v) is 4.48. The summed E-state index contributed by atoms with van der Waals surface area (Å²) in [4.78, 5) is 44.2. The molecule has 4 rings (SSSR count). The van der Waals surface area contributed by atoms with Crippen LogP contribution in [0.3, 0.4) is 0 Å². The summed E-state index contributed by atoms with van der Waals surface area (Å²) >= 11 is 0. The molecule has 32 heavy (non-hydrogen) atoms. The number of piperidine rings is 1. The molecule has 168 valence electrons. The zero-order valence-electron chi connectivity index (χ0n) is 18.1. The zero-order chi connectivity index (χ0) is 23.0. The average Bonchev–Trinajstić information content (AvgIpc) is 2.81. The summed E-state index contributed by atoms with van der Waals surface area (Å²) in [5.41, 5.74) is 7.29. The lowest BCUT2D eigenvalue weighted by molar-refractivity contribution is -0.133. The highest BCUT2D eigenvalue weighted by Crippen LogP contribution is 2.30. The number of likely N-dealkylation sites (tertiary alicyclic amines) is 1. The van der Waals surface area contributed by atoms with Gasteiger partial charge in [-0.25, -0.2) is 14.2 Å². The third-order valence-corrected chi connectivity index (χ3v) is 6.23. The zero-order valence-corrected chi connectivity index (χ0v) is 18.1. The molecule has 0 radical (unpaired) electrons. The van der Waals surface area contributed by atoms with Gasteiger partial charge in [-0.05, 0) is 48.6 Å². The first kappa shape index (κ1) is 21.9. The number of aromatic nitrogens is 3. The maximum atomic E-state index is 13.1. The van der Waals surface area contributed by atoms with E-state index in [-0.39, 0.29) is 23.2 Å². The van der Waals surface area contributed by atoms with Gasteiger partial charge in [0, 0.05) is 39.3 Å². The molecule has 1 aliphatic heterocycles. The lowest BCUT2D eigenvalue weighted by Crippen LogP contribution is -2.48. The minimum atomic E-state index is -0.734. The predicted octanol–water partition coefficient (Wildman–Crippen LogP) is 1.05. The average molecular weight is 439 g/mol. The van der Waals surface area contributed by atoms with Crippen LogP contribution in [0.25, 0.3) is 11.0 Å². The smallest absolute Gasteiger partial charge is 0.332 e. The molecule has 0 spiro atoms. The Morgan fingerprint density at radius 1 is 1.19 bits per heavy atom. The lowest BCUT2D eigenvalue weighted by Gasteiger charge is -2.35. The van der Waals surface area contributed by atoms with Gasteiger partial charge >= 0.3 is 5.69 Å². The van der Waals surface area contributed by atoms with Crippen LogP contribution in [-0.4, -0.2) is 44.1 Å². The monoisotopic (exact) mass is 439 g/mol. The molecule has 3 aromatic rings. The lowest BCUT2D eigenvalue weighted by atomic mass is 9.89. The number of nitrogens with zero attached hydrogens (tertiary/aromatic N) is 4. The van der Waals surface area contributed by atoms with Gasteiger partial charge in [-0.2, -0.15) is 0 Å². The second-order valence-corrected chi connectivity index (χ2v) is 8.37. The molecule has 1 fully saturated rings. The topological polar surface area (TPSA) is 103 Å². The van der Waals surface area contributed by atoms with E-state index in [1.807, 2.05) is 0 Å². The summed E-state index contributed by atoms with van der Waals surface area (Å²) in [6.07, 6.45) is 3.50. The van der Waals surface area contributed by atoms with Crippen molar-refractivity contribution in [3.63, 3.8) is 0 Å². The van der Waals surface area contributed by atoms with Crippen LogP contribution < -0.4 is 17.0 Å². The summed E-state index contributed by atoms with van der Waals surface area (Å²) in [6.45, 7) is 1.02. The molecule has 1 saturated heterocycles. The van der Waals surface area contributed by atoms with Crippen molar-refractivity contribution in [2.75, 3.05) is 13.1 Å². The molecule has 0 bridgehead atoms. The SMILES string of the molecule is Cn1c(=O)c2c([C@H]3CCCN(C(=O)[C@@H](N)Cc4ccc(F)cc4)C3)ccnc2n(C)c1=O. The van der Waals surface area contributed by atoms with E-state index >= 15 is 0 Å². The summed E-state index contributed by atoms with van der Waals surface area (Å²) < 4.78 is 15.6. The van der Waals surface area contributed by atoms with Gasteiger partial charge in [0.15, 0.2) is 0 Å². The number of pyridine rings is 1. The fraction of sp³-hybridized carbons (Fsp3) is 0.391. The highest BCUT2D eigenvalue weighted by Gasteiger charge is 2.30. The van der Waals surface area contributed by atoms with Crippen molar-refractivity contribution in [1.29, 1.82) is 0 Å². The first-order valence-corrected chi connectivity index (χ1v) is 10.6. The maximum Gasteiger partial charge on any atom is 0.332 e. The van der Waals surface area contributed by atoms with E-state index in [2.05, 4.69) is 4.98 Å². The van der Waals surface area contributed by atoms with Crippen LogP contribution in [-0.2, 0) is 25.3 Å². The van der Waals surface area contributed by atoms with Crippen molar-refractivity contribution < 1.29 is 9.18 Å². The number of halogens is 1. The van der Waals surface area contributed by atoms with Crippen molar-refractivity contribution in [2.45, 2.75) is 31.2 Å². The second kappa shape index (κ2) is 8.66. The molecule has 0 unspecified atom stereocenters. The van der Waals surface area contributed by atoms with Crippen LogP contribution in [0.5, 0.6) is 0 Å². The standard InChI is InChI=1S/C23H26FN5O3/c1-27-20-19(22(31)28(2)23(27)32)17(9-10-26-20)15-4-3-11-29(13-15)21(30)18(25)12-14-5-7-16(24)8-6-14/h5-10,15,18H,3-4,11-13,25H2,1-2H3/t15-,18-/m0/s1. The molecular formula is C23H26FN5O3. The van der Waals surface area contributed by atoms with Gasteiger partial charge in [0.05, 0.1) is 11.4 Å². The van der Waals surface area contributed by atoms with Crippen LogP contribution in [0.2, 0.25) is 0 Å². The largest absolute Gasteiger partial charge is 0.341 e. The molecule has 2 atom stereocenters. The predicted molar refractivity (Wildman–Crippen MR) is 119 cm³/mol. The Hall–Kier alpha value is -3.33. The molecule has 2 aromatic heterocycles. The van der Waals surface area contributed by atoms with Crippen LogP contribution in [0.1, 0.15) is 29.9 Å². The van der Waals surface area contributed by atoms with E-state index in [1.165, 1.54) is 23.7 Å². The van der Waals surface area contributed by atoms with E-state index < -0.39 is 11.7 Å². The van der Waals surface area contributed by atoms with Crippen LogP contribution in [0.4, 0.5) is 4.39 Å². The summed E-state index contributed by atoms with van der Waals surface area (Å²) in [7, 11) is 3.04. The Balaban J connectivity index is 1.60. The Morgan fingerprint density at radius 3 is 2.62 bits per heavy atom. The van der Waals surface area contributed by atoms with E-state index in [9.17, 15) is 18.8 Å². The molecule has 9 heteroatoms. The van der Waals surface area contributed by atoms with Gasteiger partial charge in [-0.15, -0.1) is 0 Å². The number of nitrogens with two attached hydrogens (primary N) is 1. The first-order valence-electron chi connectivity index (χ1n) is 10.6. The fourth-order valence-electron chi connectivity index (χ4n) is 4.48. The maximum absolute atomic E-state index is 13.1. The van der Waals surface area contributed by atoms with E-state index in [1.54, 1.807) is 36.3 Å². The highest BCUT2D eigenvalue weighted by molar-refractivity contribution is 5.83. The Bertz CT molecular complexity index is 1280. The number of rotatable bonds is 4. The molecular weight excluding hydrogens is 413 g/mol. The molecule has 0 saturated carbocycles. The molecule has 8 nitrogen and oxygen atoms in total. The number of fused-ring (bicyclic) bond motifs is 1. The number of carbonyl (C=O) groups is 1. The van der Waals surface area contributed by atoms with E-state index in [4.69, 9.17) is 5.73 Å². The molecule has 1 aromatic carbocycles. The minimum Gasteiger partial charge on any atom is -0.341 e. The van der Waals surface area contributed by atoms with Crippen molar-refractivity contribution in [2.24, 2.45) is 19.8 Å². The third-order valence-electron chi connectivity index (χ3n) is 6.23. The van der Waals surface area contributed by atoms with Gasteiger partial charge in [0.2, 0.25) is 5.91 Å². The van der Waals surface area contributed by atoms with Gasteiger partial charge in [-0.1, -0.05) is 12.1 Å². The van der Waals surface area contributed by atoms with Crippen LogP contribution >= 0.6 is 0 Å².